The number of benzene rings is 1. The van der Waals surface area contributed by atoms with Gasteiger partial charge in [0, 0.05) is 11.1 Å². The van der Waals surface area contributed by atoms with Crippen molar-refractivity contribution in [1.82, 2.24) is 4.98 Å². The van der Waals surface area contributed by atoms with E-state index in [2.05, 4.69) is 75.8 Å². The highest BCUT2D eigenvalue weighted by Crippen LogP contribution is 2.43. The molecule has 0 aliphatic heterocycles. The average Bonchev–Trinajstić information content (AvgIpc) is 2.80. The molecule has 126 valence electrons. The van der Waals surface area contributed by atoms with Crippen LogP contribution in [-0.4, -0.2) is 13.8 Å². The molecule has 1 aliphatic carbocycles. The summed E-state index contributed by atoms with van der Waals surface area (Å²) in [6, 6.07) is 8.98. The molecule has 2 rings (SSSR count). The molecule has 2 heteroatoms. The highest BCUT2D eigenvalue weighted by Gasteiger charge is 2.41. The second-order valence-electron chi connectivity index (χ2n) is 8.41. The zero-order chi connectivity index (χ0) is 17.1. The normalized spacial score (nSPS) is 17.8. The summed E-state index contributed by atoms with van der Waals surface area (Å²) >= 11 is 0. The van der Waals surface area contributed by atoms with Gasteiger partial charge in [-0.1, -0.05) is 55.1 Å². The van der Waals surface area contributed by atoms with Crippen LogP contribution in [0.15, 0.2) is 42.5 Å². The van der Waals surface area contributed by atoms with E-state index in [-0.39, 0.29) is 5.54 Å². The maximum absolute atomic E-state index is 3.99. The third kappa shape index (κ3) is 4.68. The molecule has 0 radical (unpaired) electrons. The minimum Gasteiger partial charge on any atom is -0.332 e. The van der Waals surface area contributed by atoms with Gasteiger partial charge in [-0.15, -0.1) is 6.58 Å². The Balaban J connectivity index is 2.25. The summed E-state index contributed by atoms with van der Waals surface area (Å²) in [5.74, 6) is 0. The standard InChI is InChI=1S/C21H33NSi/c1-7-8-9-10-14-18-16-17-13-11-12-15-19(17)20(18)23(5,6)22-21(2,3)4/h7,11-13,15-16,20,22H,1,8-10,14H2,2-6H3. The van der Waals surface area contributed by atoms with Gasteiger partial charge in [0.2, 0.25) is 0 Å². The van der Waals surface area contributed by atoms with E-state index in [1.54, 1.807) is 11.1 Å². The van der Waals surface area contributed by atoms with Crippen LogP contribution >= 0.6 is 0 Å². The largest absolute Gasteiger partial charge is 0.332 e. The van der Waals surface area contributed by atoms with Gasteiger partial charge in [0.1, 0.15) is 8.24 Å². The monoisotopic (exact) mass is 327 g/mol. The molecular weight excluding hydrogens is 294 g/mol. The number of allylic oxidation sites excluding steroid dienone is 2. The van der Waals surface area contributed by atoms with Gasteiger partial charge >= 0.3 is 0 Å². The van der Waals surface area contributed by atoms with Crippen molar-refractivity contribution in [2.45, 2.75) is 70.6 Å². The molecule has 1 aromatic rings. The highest BCUT2D eigenvalue weighted by atomic mass is 28.3. The van der Waals surface area contributed by atoms with Gasteiger partial charge < -0.3 is 4.98 Å². The van der Waals surface area contributed by atoms with E-state index >= 15 is 0 Å². The molecule has 1 N–H and O–H groups in total. The molecule has 0 heterocycles. The van der Waals surface area contributed by atoms with Crippen molar-refractivity contribution in [3.63, 3.8) is 0 Å². The predicted octanol–water partition coefficient (Wildman–Crippen LogP) is 6.05. The SMILES string of the molecule is C=CCCCCC1=Cc2ccccc2C1[Si](C)(C)NC(C)(C)C. The smallest absolute Gasteiger partial charge is 0.131 e. The zero-order valence-electron chi connectivity index (χ0n) is 15.6. The fraction of sp³-hybridized carbons (Fsp3) is 0.524. The minimum atomic E-state index is -1.63. The number of hydrogen-bond acceptors (Lipinski definition) is 1. The van der Waals surface area contributed by atoms with Gasteiger partial charge in [0.25, 0.3) is 0 Å². The summed E-state index contributed by atoms with van der Waals surface area (Å²) in [5, 5.41) is 0. The molecule has 1 aliphatic rings. The summed E-state index contributed by atoms with van der Waals surface area (Å²) < 4.78 is 0. The highest BCUT2D eigenvalue weighted by molar-refractivity contribution is 6.77. The number of unbranched alkanes of at least 4 members (excludes halogenated alkanes) is 2. The van der Waals surface area contributed by atoms with Crippen molar-refractivity contribution < 1.29 is 0 Å². The Kier molecular flexibility index (Phi) is 5.69. The van der Waals surface area contributed by atoms with Crippen LogP contribution in [0.5, 0.6) is 0 Å². The van der Waals surface area contributed by atoms with Gasteiger partial charge in [-0.05, 0) is 57.6 Å². The van der Waals surface area contributed by atoms with Gasteiger partial charge in [-0.2, -0.15) is 0 Å². The molecule has 0 saturated carbocycles. The van der Waals surface area contributed by atoms with Crippen molar-refractivity contribution in [3.05, 3.63) is 53.6 Å². The van der Waals surface area contributed by atoms with Gasteiger partial charge in [0.05, 0.1) is 0 Å². The number of hydrogen-bond donors (Lipinski definition) is 1. The van der Waals surface area contributed by atoms with E-state index in [1.807, 2.05) is 6.08 Å². The lowest BCUT2D eigenvalue weighted by molar-refractivity contribution is 0.507. The molecule has 0 bridgehead atoms. The lowest BCUT2D eigenvalue weighted by Gasteiger charge is -2.39. The molecule has 1 nitrogen and oxygen atoms in total. The third-order valence-electron chi connectivity index (χ3n) is 4.56. The molecule has 0 fully saturated rings. The second kappa shape index (κ2) is 7.19. The number of nitrogens with one attached hydrogen (secondary N) is 1. The topological polar surface area (TPSA) is 12.0 Å². The number of rotatable bonds is 7. The first-order valence-corrected chi connectivity index (χ1v) is 12.0. The van der Waals surface area contributed by atoms with Crippen molar-refractivity contribution in [3.8, 4) is 0 Å². The molecule has 1 atom stereocenters. The van der Waals surface area contributed by atoms with Crippen LogP contribution in [0.4, 0.5) is 0 Å². The maximum atomic E-state index is 3.99. The fourth-order valence-corrected chi connectivity index (χ4v) is 8.39. The predicted molar refractivity (Wildman–Crippen MR) is 106 cm³/mol. The van der Waals surface area contributed by atoms with Crippen LogP contribution in [0.2, 0.25) is 13.1 Å². The molecule has 0 aromatic heterocycles. The van der Waals surface area contributed by atoms with Crippen LogP contribution < -0.4 is 4.98 Å². The van der Waals surface area contributed by atoms with E-state index < -0.39 is 8.24 Å². The van der Waals surface area contributed by atoms with E-state index in [9.17, 15) is 0 Å². The van der Waals surface area contributed by atoms with Gasteiger partial charge in [-0.3, -0.25) is 0 Å². The van der Waals surface area contributed by atoms with E-state index in [1.165, 1.54) is 24.8 Å². The van der Waals surface area contributed by atoms with Gasteiger partial charge in [-0.25, -0.2) is 0 Å². The molecule has 0 amide bonds. The van der Waals surface area contributed by atoms with Crippen LogP contribution in [0.3, 0.4) is 0 Å². The Morgan fingerprint density at radius 2 is 1.87 bits per heavy atom. The molecular formula is C21H33NSi. The zero-order valence-corrected chi connectivity index (χ0v) is 16.6. The molecule has 1 aromatic carbocycles. The van der Waals surface area contributed by atoms with Crippen LogP contribution in [0.25, 0.3) is 6.08 Å². The summed E-state index contributed by atoms with van der Waals surface area (Å²) in [4.78, 5) is 3.99. The minimum absolute atomic E-state index is 0.168. The van der Waals surface area contributed by atoms with E-state index in [4.69, 9.17) is 0 Å². The fourth-order valence-electron chi connectivity index (χ4n) is 4.11. The molecule has 1 unspecified atom stereocenters. The Hall–Kier alpha value is -1.12. The number of fused-ring (bicyclic) bond motifs is 1. The summed E-state index contributed by atoms with van der Waals surface area (Å²) in [6.07, 6.45) is 9.37. The van der Waals surface area contributed by atoms with Gasteiger partial charge in [0.15, 0.2) is 0 Å². The van der Waals surface area contributed by atoms with Crippen molar-refractivity contribution in [2.75, 3.05) is 0 Å². The maximum Gasteiger partial charge on any atom is 0.131 e. The van der Waals surface area contributed by atoms with Crippen molar-refractivity contribution >= 4 is 14.3 Å². The Morgan fingerprint density at radius 1 is 1.17 bits per heavy atom. The first-order valence-electron chi connectivity index (χ1n) is 8.94. The molecule has 0 spiro atoms. The van der Waals surface area contributed by atoms with Crippen molar-refractivity contribution in [1.29, 1.82) is 0 Å². The van der Waals surface area contributed by atoms with Crippen LogP contribution in [-0.2, 0) is 0 Å². The first kappa shape index (κ1) is 18.2. The lowest BCUT2D eigenvalue weighted by atomic mass is 10.0. The summed E-state index contributed by atoms with van der Waals surface area (Å²) in [6.45, 7) is 15.7. The van der Waals surface area contributed by atoms with E-state index in [0.29, 0.717) is 5.54 Å². The second-order valence-corrected chi connectivity index (χ2v) is 12.7. The molecule has 23 heavy (non-hydrogen) atoms. The summed E-state index contributed by atoms with van der Waals surface area (Å²) in [7, 11) is -1.63. The van der Waals surface area contributed by atoms with Crippen molar-refractivity contribution in [2.24, 2.45) is 0 Å². The first-order chi connectivity index (χ1) is 10.7. The van der Waals surface area contributed by atoms with Crippen LogP contribution in [0.1, 0.15) is 63.1 Å². The Labute approximate surface area is 144 Å². The Morgan fingerprint density at radius 3 is 2.52 bits per heavy atom. The quantitative estimate of drug-likeness (QED) is 0.365. The summed E-state index contributed by atoms with van der Waals surface area (Å²) in [5.41, 5.74) is 5.39. The van der Waals surface area contributed by atoms with Crippen LogP contribution in [0, 0.1) is 0 Å². The molecule has 0 saturated heterocycles. The lowest BCUT2D eigenvalue weighted by Crippen LogP contribution is -2.58. The Bertz CT molecular complexity index is 578. The third-order valence-corrected chi connectivity index (χ3v) is 8.08. The average molecular weight is 328 g/mol. The van der Waals surface area contributed by atoms with E-state index in [0.717, 1.165) is 6.42 Å².